The molecule has 0 fully saturated rings. The van der Waals surface area contributed by atoms with E-state index in [0.717, 1.165) is 5.69 Å². The van der Waals surface area contributed by atoms with Gasteiger partial charge >= 0.3 is 0 Å². The lowest BCUT2D eigenvalue weighted by atomic mass is 10.4. The van der Waals surface area contributed by atoms with Crippen molar-refractivity contribution in [1.82, 2.24) is 30.6 Å². The smallest absolute Gasteiger partial charge is 0.221 e. The second-order valence-electron chi connectivity index (χ2n) is 2.24. The Kier molecular flexibility index (Phi) is 1.51. The van der Waals surface area contributed by atoms with E-state index in [-0.39, 0.29) is 0 Å². The Hall–Kier alpha value is -1.85. The molecule has 60 valence electrons. The number of hydrogen-bond acceptors (Lipinski definition) is 5. The minimum absolute atomic E-state index is 0.457. The third-order valence-electron chi connectivity index (χ3n) is 1.32. The summed E-state index contributed by atoms with van der Waals surface area (Å²) in [7, 11) is 0. The van der Waals surface area contributed by atoms with Crippen LogP contribution in [0.2, 0.25) is 0 Å². The summed E-state index contributed by atoms with van der Waals surface area (Å²) in [5, 5.41) is 21.7. The van der Waals surface area contributed by atoms with Gasteiger partial charge in [0.15, 0.2) is 5.82 Å². The fourth-order valence-electron chi connectivity index (χ4n) is 0.768. The second-order valence-corrected chi connectivity index (χ2v) is 2.24. The van der Waals surface area contributed by atoms with Crippen molar-refractivity contribution in [3.8, 4) is 11.5 Å². The van der Waals surface area contributed by atoms with Gasteiger partial charge in [-0.1, -0.05) is 0 Å². The molecule has 12 heavy (non-hydrogen) atoms. The molecule has 2 rings (SSSR count). The Labute approximate surface area is 68.1 Å². The van der Waals surface area contributed by atoms with E-state index in [1.165, 1.54) is 0 Å². The van der Waals surface area contributed by atoms with Gasteiger partial charge in [0.25, 0.3) is 0 Å². The lowest BCUT2D eigenvalue weighted by Crippen LogP contribution is -1.98. The largest absolute Gasteiger partial charge is 0.274 e. The molecule has 0 radical (unpaired) electrons. The zero-order valence-electron chi connectivity index (χ0n) is 6.39. The van der Waals surface area contributed by atoms with Crippen molar-refractivity contribution in [3.05, 3.63) is 18.1 Å². The van der Waals surface area contributed by atoms with Crippen molar-refractivity contribution in [2.75, 3.05) is 0 Å². The van der Waals surface area contributed by atoms with Gasteiger partial charge in [0, 0.05) is 6.20 Å². The van der Waals surface area contributed by atoms with Gasteiger partial charge in [-0.15, -0.1) is 20.4 Å². The van der Waals surface area contributed by atoms with Crippen LogP contribution in [0.3, 0.4) is 0 Å². The Morgan fingerprint density at radius 1 is 1.17 bits per heavy atom. The first kappa shape index (κ1) is 6.84. The van der Waals surface area contributed by atoms with Gasteiger partial charge in [-0.3, -0.25) is 5.10 Å². The minimum atomic E-state index is 0.457. The molecule has 0 spiro atoms. The molecule has 1 N–H and O–H groups in total. The SMILES string of the molecule is Cc1nnc(-c2ccn[nH]2)nn1. The molecule has 2 aromatic heterocycles. The summed E-state index contributed by atoms with van der Waals surface area (Å²) in [6.45, 7) is 1.73. The molecule has 0 amide bonds. The van der Waals surface area contributed by atoms with Crippen LogP contribution in [0.5, 0.6) is 0 Å². The Morgan fingerprint density at radius 3 is 2.50 bits per heavy atom. The predicted octanol–water partition coefficient (Wildman–Crippen LogP) is -0.0349. The average molecular weight is 162 g/mol. The summed E-state index contributed by atoms with van der Waals surface area (Å²) in [4.78, 5) is 0. The summed E-state index contributed by atoms with van der Waals surface area (Å²) in [5.74, 6) is 1.01. The van der Waals surface area contributed by atoms with E-state index in [2.05, 4.69) is 30.6 Å². The molecule has 0 atom stereocenters. The van der Waals surface area contributed by atoms with Crippen molar-refractivity contribution in [1.29, 1.82) is 0 Å². The molecule has 0 aromatic carbocycles. The van der Waals surface area contributed by atoms with E-state index >= 15 is 0 Å². The van der Waals surface area contributed by atoms with Crippen LogP contribution in [0, 0.1) is 6.92 Å². The van der Waals surface area contributed by atoms with E-state index in [9.17, 15) is 0 Å². The highest BCUT2D eigenvalue weighted by Crippen LogP contribution is 2.05. The number of aromatic nitrogens is 6. The fraction of sp³-hybridized carbons (Fsp3) is 0.167. The first-order valence-electron chi connectivity index (χ1n) is 3.40. The number of nitrogens with one attached hydrogen (secondary N) is 1. The summed E-state index contributed by atoms with van der Waals surface area (Å²) < 4.78 is 0. The van der Waals surface area contributed by atoms with Gasteiger partial charge in [0.05, 0.1) is 0 Å². The van der Waals surface area contributed by atoms with Gasteiger partial charge in [-0.2, -0.15) is 5.10 Å². The lowest BCUT2D eigenvalue weighted by molar-refractivity contribution is 0.811. The van der Waals surface area contributed by atoms with Crippen LogP contribution < -0.4 is 0 Å². The van der Waals surface area contributed by atoms with Crippen molar-refractivity contribution >= 4 is 0 Å². The monoisotopic (exact) mass is 162 g/mol. The lowest BCUT2D eigenvalue weighted by Gasteiger charge is -1.91. The number of H-pyrrole nitrogens is 1. The molecule has 0 unspecified atom stereocenters. The first-order valence-corrected chi connectivity index (χ1v) is 3.40. The van der Waals surface area contributed by atoms with Crippen LogP contribution in [0.25, 0.3) is 11.5 Å². The van der Waals surface area contributed by atoms with Gasteiger partial charge < -0.3 is 0 Å². The number of aromatic amines is 1. The van der Waals surface area contributed by atoms with E-state index in [1.807, 2.05) is 0 Å². The van der Waals surface area contributed by atoms with E-state index < -0.39 is 0 Å². The molecule has 6 nitrogen and oxygen atoms in total. The molecule has 0 saturated heterocycles. The van der Waals surface area contributed by atoms with Gasteiger partial charge in [-0.05, 0) is 13.0 Å². The maximum absolute atomic E-state index is 3.83. The van der Waals surface area contributed by atoms with Crippen LogP contribution in [-0.4, -0.2) is 30.6 Å². The zero-order chi connectivity index (χ0) is 8.39. The van der Waals surface area contributed by atoms with Gasteiger partial charge in [0.2, 0.25) is 5.82 Å². The highest BCUT2D eigenvalue weighted by molar-refractivity contribution is 5.45. The molecule has 0 bridgehead atoms. The Balaban J connectivity index is 2.43. The van der Waals surface area contributed by atoms with Crippen molar-refractivity contribution in [2.45, 2.75) is 6.92 Å². The highest BCUT2D eigenvalue weighted by atomic mass is 15.3. The molecule has 6 heteroatoms. The standard InChI is InChI=1S/C6H6N6/c1-4-8-11-6(12-9-4)5-2-3-7-10-5/h2-3H,1H3,(H,7,10). The van der Waals surface area contributed by atoms with Crippen LogP contribution in [0.1, 0.15) is 5.82 Å². The molecule has 2 aromatic rings. The number of hydrogen-bond donors (Lipinski definition) is 1. The maximum atomic E-state index is 3.83. The summed E-state index contributed by atoms with van der Waals surface area (Å²) in [5.41, 5.74) is 0.718. The van der Waals surface area contributed by atoms with Crippen molar-refractivity contribution in [3.63, 3.8) is 0 Å². The van der Waals surface area contributed by atoms with Crippen LogP contribution in [0.15, 0.2) is 12.3 Å². The van der Waals surface area contributed by atoms with Crippen molar-refractivity contribution in [2.24, 2.45) is 0 Å². The normalized spacial score (nSPS) is 10.1. The summed E-state index contributed by atoms with van der Waals surface area (Å²) in [6, 6.07) is 1.76. The number of aryl methyl sites for hydroxylation is 1. The quantitative estimate of drug-likeness (QED) is 0.636. The summed E-state index contributed by atoms with van der Waals surface area (Å²) >= 11 is 0. The number of rotatable bonds is 1. The molecule has 0 aliphatic heterocycles. The molecule has 2 heterocycles. The molecular formula is C6H6N6. The first-order chi connectivity index (χ1) is 5.86. The van der Waals surface area contributed by atoms with Gasteiger partial charge in [-0.25, -0.2) is 0 Å². The van der Waals surface area contributed by atoms with E-state index in [0.29, 0.717) is 11.6 Å². The third kappa shape index (κ3) is 1.14. The predicted molar refractivity (Wildman–Crippen MR) is 39.9 cm³/mol. The number of nitrogens with zero attached hydrogens (tertiary/aromatic N) is 5. The molecule has 0 aliphatic rings. The Morgan fingerprint density at radius 2 is 1.92 bits per heavy atom. The molecule has 0 aliphatic carbocycles. The zero-order valence-corrected chi connectivity index (χ0v) is 6.39. The molecular weight excluding hydrogens is 156 g/mol. The van der Waals surface area contributed by atoms with Crippen LogP contribution >= 0.6 is 0 Å². The average Bonchev–Trinajstić information content (AvgIpc) is 2.58. The Bertz CT molecular complexity index is 350. The third-order valence-corrected chi connectivity index (χ3v) is 1.32. The fourth-order valence-corrected chi connectivity index (χ4v) is 0.768. The topological polar surface area (TPSA) is 80.2 Å². The second kappa shape index (κ2) is 2.65. The van der Waals surface area contributed by atoms with Crippen LogP contribution in [0.4, 0.5) is 0 Å². The summed E-state index contributed by atoms with van der Waals surface area (Å²) in [6.07, 6.45) is 1.62. The van der Waals surface area contributed by atoms with Crippen LogP contribution in [-0.2, 0) is 0 Å². The van der Waals surface area contributed by atoms with Gasteiger partial charge in [0.1, 0.15) is 5.69 Å². The maximum Gasteiger partial charge on any atom is 0.221 e. The van der Waals surface area contributed by atoms with Crippen molar-refractivity contribution < 1.29 is 0 Å². The minimum Gasteiger partial charge on any atom is -0.274 e. The molecule has 0 saturated carbocycles. The van der Waals surface area contributed by atoms with E-state index in [4.69, 9.17) is 0 Å². The van der Waals surface area contributed by atoms with E-state index in [1.54, 1.807) is 19.2 Å². The highest BCUT2D eigenvalue weighted by Gasteiger charge is 2.02.